The van der Waals surface area contributed by atoms with E-state index in [0.717, 1.165) is 62.3 Å². The monoisotopic (exact) mass is 616 g/mol. The Morgan fingerprint density at radius 3 is 1.78 bits per heavy atom. The number of hydrogen-bond donors (Lipinski definition) is 2. The minimum atomic E-state index is -4.70. The first-order valence-electron chi connectivity index (χ1n) is 15.2. The van der Waals surface area contributed by atoms with Gasteiger partial charge in [0.2, 0.25) is 0 Å². The van der Waals surface area contributed by atoms with Gasteiger partial charge < -0.3 is 24.2 Å². The maximum absolute atomic E-state index is 12.2. The summed E-state index contributed by atoms with van der Waals surface area (Å²) in [6, 6.07) is 24.4. The van der Waals surface area contributed by atoms with Gasteiger partial charge in [0.15, 0.2) is 0 Å². The van der Waals surface area contributed by atoms with Crippen molar-refractivity contribution in [2.45, 2.75) is 44.9 Å². The predicted octanol–water partition coefficient (Wildman–Crippen LogP) is 7.75. The Morgan fingerprint density at radius 2 is 1.18 bits per heavy atom. The van der Waals surface area contributed by atoms with Gasteiger partial charge in [0.1, 0.15) is 17.2 Å². The molecule has 0 spiro atoms. The number of aromatic amines is 2. The van der Waals surface area contributed by atoms with E-state index in [9.17, 15) is 13.2 Å². The van der Waals surface area contributed by atoms with Crippen LogP contribution in [-0.4, -0.2) is 39.5 Å². The van der Waals surface area contributed by atoms with Crippen LogP contribution in [0.2, 0.25) is 0 Å². The molecule has 3 aromatic carbocycles. The van der Waals surface area contributed by atoms with Gasteiger partial charge in [-0.2, -0.15) is 0 Å². The fourth-order valence-corrected chi connectivity index (χ4v) is 5.82. The van der Waals surface area contributed by atoms with Crippen molar-refractivity contribution in [2.24, 2.45) is 11.8 Å². The Morgan fingerprint density at radius 1 is 0.644 bits per heavy atom. The SMILES string of the molecule is FC(F)(F)Oc1cccc(OCC2CCc3nc[nH]c3C2)c1.c1ccc(-c2cccc(OCC3CCc4nc[nH]c4C3)c2)cc1. The quantitative estimate of drug-likeness (QED) is 0.186. The maximum Gasteiger partial charge on any atom is 0.573 e. The largest absolute Gasteiger partial charge is 0.573 e. The van der Waals surface area contributed by atoms with Gasteiger partial charge in [-0.25, -0.2) is 9.97 Å². The van der Waals surface area contributed by atoms with E-state index in [-0.39, 0.29) is 5.75 Å². The van der Waals surface area contributed by atoms with Crippen molar-refractivity contribution < 1.29 is 27.4 Å². The van der Waals surface area contributed by atoms with E-state index in [4.69, 9.17) is 9.47 Å². The lowest BCUT2D eigenvalue weighted by Crippen LogP contribution is -2.21. The van der Waals surface area contributed by atoms with E-state index in [1.807, 2.05) is 12.1 Å². The van der Waals surface area contributed by atoms with Crippen LogP contribution < -0.4 is 14.2 Å². The van der Waals surface area contributed by atoms with Crippen LogP contribution in [0.4, 0.5) is 13.2 Å². The summed E-state index contributed by atoms with van der Waals surface area (Å²) in [6.45, 7) is 1.21. The van der Waals surface area contributed by atoms with Gasteiger partial charge in [0.25, 0.3) is 0 Å². The third-order valence-corrected chi connectivity index (χ3v) is 8.13. The minimum Gasteiger partial charge on any atom is -0.493 e. The summed E-state index contributed by atoms with van der Waals surface area (Å²) in [4.78, 5) is 15.0. The Hall–Kier alpha value is -4.73. The van der Waals surface area contributed by atoms with Crippen molar-refractivity contribution in [3.8, 4) is 28.4 Å². The fourth-order valence-electron chi connectivity index (χ4n) is 5.82. The third kappa shape index (κ3) is 8.47. The van der Waals surface area contributed by atoms with Gasteiger partial charge >= 0.3 is 6.36 Å². The number of nitrogens with zero attached hydrogens (tertiary/aromatic N) is 2. The van der Waals surface area contributed by atoms with Crippen LogP contribution in [0.25, 0.3) is 11.1 Å². The molecule has 2 N–H and O–H groups in total. The maximum atomic E-state index is 12.2. The van der Waals surface area contributed by atoms with E-state index in [2.05, 4.69) is 67.1 Å². The predicted molar refractivity (Wildman–Crippen MR) is 164 cm³/mol. The van der Waals surface area contributed by atoms with E-state index < -0.39 is 6.36 Å². The molecule has 5 aromatic rings. The van der Waals surface area contributed by atoms with Gasteiger partial charge in [0, 0.05) is 17.5 Å². The highest BCUT2D eigenvalue weighted by Gasteiger charge is 2.31. The number of ether oxygens (including phenoxy) is 3. The fraction of sp³-hybridized carbons (Fsp3) is 0.314. The van der Waals surface area contributed by atoms with Gasteiger partial charge in [-0.15, -0.1) is 13.2 Å². The molecule has 0 aliphatic heterocycles. The third-order valence-electron chi connectivity index (χ3n) is 8.13. The number of imidazole rings is 2. The van der Waals surface area contributed by atoms with Crippen LogP contribution in [0.15, 0.2) is 91.5 Å². The van der Waals surface area contributed by atoms with Crippen LogP contribution >= 0.6 is 0 Å². The second-order valence-electron chi connectivity index (χ2n) is 11.4. The number of hydrogen-bond acceptors (Lipinski definition) is 5. The highest BCUT2D eigenvalue weighted by atomic mass is 19.4. The second kappa shape index (κ2) is 13.9. The van der Waals surface area contributed by atoms with E-state index in [1.54, 1.807) is 18.7 Å². The van der Waals surface area contributed by atoms with E-state index in [0.29, 0.717) is 24.2 Å². The summed E-state index contributed by atoms with van der Waals surface area (Å²) >= 11 is 0. The van der Waals surface area contributed by atoms with Gasteiger partial charge in [-0.1, -0.05) is 48.5 Å². The average molecular weight is 617 g/mol. The Balaban J connectivity index is 0.000000159. The zero-order chi connectivity index (χ0) is 31.1. The van der Waals surface area contributed by atoms with Crippen molar-refractivity contribution >= 4 is 0 Å². The summed E-state index contributed by atoms with van der Waals surface area (Å²) in [6.07, 6.45) is 4.72. The number of halogens is 3. The second-order valence-corrected chi connectivity index (χ2v) is 11.4. The Kier molecular flexibility index (Phi) is 9.38. The first kappa shape index (κ1) is 30.3. The number of H-pyrrole nitrogens is 2. The molecule has 0 fully saturated rings. The lowest BCUT2D eigenvalue weighted by atomic mass is 9.90. The molecule has 10 heteroatoms. The molecule has 234 valence electrons. The van der Waals surface area contributed by atoms with Crippen LogP contribution in [-0.2, 0) is 25.7 Å². The average Bonchev–Trinajstić information content (AvgIpc) is 3.72. The first-order chi connectivity index (χ1) is 21.9. The number of aryl methyl sites for hydroxylation is 2. The van der Waals surface area contributed by atoms with Gasteiger partial charge in [0.05, 0.1) is 37.3 Å². The molecular formula is C35H35F3N4O3. The molecule has 7 rings (SSSR count). The number of benzene rings is 3. The zero-order valence-electron chi connectivity index (χ0n) is 24.7. The molecule has 2 aliphatic carbocycles. The lowest BCUT2D eigenvalue weighted by molar-refractivity contribution is -0.274. The van der Waals surface area contributed by atoms with Crippen LogP contribution in [0.5, 0.6) is 17.2 Å². The number of fused-ring (bicyclic) bond motifs is 2. The van der Waals surface area contributed by atoms with Crippen LogP contribution in [0, 0.1) is 11.8 Å². The molecule has 45 heavy (non-hydrogen) atoms. The van der Waals surface area contributed by atoms with Crippen molar-refractivity contribution in [3.05, 3.63) is 114 Å². The summed E-state index contributed by atoms with van der Waals surface area (Å²) in [7, 11) is 0. The number of alkyl halides is 3. The van der Waals surface area contributed by atoms with Crippen molar-refractivity contribution in [2.75, 3.05) is 13.2 Å². The Labute approximate surface area is 259 Å². The normalized spacial score (nSPS) is 17.3. The molecule has 2 heterocycles. The molecule has 0 amide bonds. The van der Waals surface area contributed by atoms with Gasteiger partial charge in [-0.05, 0) is 85.8 Å². The molecule has 0 saturated carbocycles. The van der Waals surface area contributed by atoms with Gasteiger partial charge in [-0.3, -0.25) is 0 Å². The molecule has 2 aliphatic rings. The molecule has 7 nitrogen and oxygen atoms in total. The van der Waals surface area contributed by atoms with E-state index >= 15 is 0 Å². The lowest BCUT2D eigenvalue weighted by Gasteiger charge is -2.21. The molecule has 2 atom stereocenters. The van der Waals surface area contributed by atoms with Crippen LogP contribution in [0.1, 0.15) is 35.6 Å². The minimum absolute atomic E-state index is 0.274. The summed E-state index contributed by atoms with van der Waals surface area (Å²) in [5.74, 6) is 1.92. The number of nitrogens with one attached hydrogen (secondary N) is 2. The Bertz CT molecular complexity index is 1670. The molecule has 0 radical (unpaired) electrons. The standard InChI is InChI=1S/C20H20N2O.C15H15F3N2O2/c1-2-5-16(6-3-1)17-7-4-8-18(12-17)23-13-15-9-10-19-20(11-15)22-14-21-19;16-15(17,18)22-12-3-1-2-11(7-12)21-8-10-4-5-13-14(6-10)20-9-19-13/h1-8,12,14-15H,9-11,13H2,(H,21,22);1-3,7,9-10H,4-6,8H2,(H,19,20). The van der Waals surface area contributed by atoms with Crippen LogP contribution in [0.3, 0.4) is 0 Å². The van der Waals surface area contributed by atoms with Crippen molar-refractivity contribution in [1.29, 1.82) is 0 Å². The highest BCUT2D eigenvalue weighted by Crippen LogP contribution is 2.29. The number of aromatic nitrogens is 4. The molecule has 0 saturated heterocycles. The summed E-state index contributed by atoms with van der Waals surface area (Å²) < 4.78 is 52.1. The van der Waals surface area contributed by atoms with Crippen molar-refractivity contribution in [3.63, 3.8) is 0 Å². The molecule has 0 bridgehead atoms. The van der Waals surface area contributed by atoms with E-state index in [1.165, 1.54) is 40.7 Å². The smallest absolute Gasteiger partial charge is 0.493 e. The van der Waals surface area contributed by atoms with Crippen molar-refractivity contribution in [1.82, 2.24) is 19.9 Å². The molecule has 2 aromatic heterocycles. The zero-order valence-corrected chi connectivity index (χ0v) is 24.7. The topological polar surface area (TPSA) is 85.1 Å². The summed E-state index contributed by atoms with van der Waals surface area (Å²) in [5, 5.41) is 0. The molecular weight excluding hydrogens is 581 g/mol. The first-order valence-corrected chi connectivity index (χ1v) is 15.2. The molecule has 2 unspecified atom stereocenters. The number of rotatable bonds is 8. The highest BCUT2D eigenvalue weighted by molar-refractivity contribution is 5.64. The summed E-state index contributed by atoms with van der Waals surface area (Å²) in [5.41, 5.74) is 7.14.